The summed E-state index contributed by atoms with van der Waals surface area (Å²) in [4.78, 5) is 42.5. The molecule has 26 heavy (non-hydrogen) atoms. The molecule has 0 bridgehead atoms. The summed E-state index contributed by atoms with van der Waals surface area (Å²) in [7, 11) is 5.22. The zero-order chi connectivity index (χ0) is 18.8. The monoisotopic (exact) mass is 356 g/mol. The van der Waals surface area contributed by atoms with Crippen LogP contribution < -0.4 is 11.2 Å². The molecule has 138 valence electrons. The van der Waals surface area contributed by atoms with Gasteiger partial charge in [-0.3, -0.25) is 19.1 Å². The molecular weight excluding hydrogens is 332 g/mol. The van der Waals surface area contributed by atoms with Crippen molar-refractivity contribution in [1.82, 2.24) is 19.4 Å². The summed E-state index contributed by atoms with van der Waals surface area (Å²) in [5, 5.41) is 0. The van der Waals surface area contributed by atoms with Crippen LogP contribution in [0.3, 0.4) is 0 Å². The number of rotatable bonds is 4. The number of H-pyrrole nitrogens is 1. The van der Waals surface area contributed by atoms with Gasteiger partial charge in [-0.2, -0.15) is 0 Å². The minimum absolute atomic E-state index is 0.0209. The van der Waals surface area contributed by atoms with Crippen molar-refractivity contribution in [3.63, 3.8) is 0 Å². The number of nitrogens with zero attached hydrogens (tertiary/aromatic N) is 3. The van der Waals surface area contributed by atoms with Crippen molar-refractivity contribution in [2.24, 2.45) is 7.05 Å². The molecule has 1 aromatic heterocycles. The molecule has 2 heterocycles. The second-order valence-corrected chi connectivity index (χ2v) is 6.98. The third-order valence-corrected chi connectivity index (χ3v) is 5.12. The van der Waals surface area contributed by atoms with Gasteiger partial charge in [0, 0.05) is 45.0 Å². The molecule has 2 aromatic rings. The summed E-state index contributed by atoms with van der Waals surface area (Å²) in [6.07, 6.45) is 2.21. The van der Waals surface area contributed by atoms with Crippen LogP contribution in [0.15, 0.2) is 40.1 Å². The molecule has 0 aliphatic carbocycles. The second-order valence-electron chi connectivity index (χ2n) is 6.98. The van der Waals surface area contributed by atoms with Gasteiger partial charge < -0.3 is 9.88 Å². The molecule has 1 aliphatic rings. The van der Waals surface area contributed by atoms with E-state index >= 15 is 0 Å². The number of hydrogen-bond acceptors (Lipinski definition) is 4. The first kappa shape index (κ1) is 18.1. The summed E-state index contributed by atoms with van der Waals surface area (Å²) in [6.45, 7) is 1.46. The SMILES string of the molecule is CN(CC1Cc2ccccc2CN1C)C(=O)Cc1c[nH]c(=O)n(C)c1=O. The predicted molar refractivity (Wildman–Crippen MR) is 99.0 cm³/mol. The van der Waals surface area contributed by atoms with Gasteiger partial charge in [0.15, 0.2) is 0 Å². The van der Waals surface area contributed by atoms with E-state index in [9.17, 15) is 14.4 Å². The van der Waals surface area contributed by atoms with Gasteiger partial charge >= 0.3 is 5.69 Å². The number of aromatic nitrogens is 2. The highest BCUT2D eigenvalue weighted by molar-refractivity contribution is 5.78. The van der Waals surface area contributed by atoms with Gasteiger partial charge in [0.25, 0.3) is 5.56 Å². The summed E-state index contributed by atoms with van der Waals surface area (Å²) in [5.41, 5.74) is 2.04. The fraction of sp³-hybridized carbons (Fsp3) is 0.421. The largest absolute Gasteiger partial charge is 0.344 e. The lowest BCUT2D eigenvalue weighted by molar-refractivity contribution is -0.130. The van der Waals surface area contributed by atoms with Crippen LogP contribution in [0.5, 0.6) is 0 Å². The Hall–Kier alpha value is -2.67. The highest BCUT2D eigenvalue weighted by Crippen LogP contribution is 2.22. The van der Waals surface area contributed by atoms with Gasteiger partial charge in [-0.1, -0.05) is 24.3 Å². The van der Waals surface area contributed by atoms with E-state index < -0.39 is 11.2 Å². The molecule has 1 N–H and O–H groups in total. The van der Waals surface area contributed by atoms with Crippen LogP contribution in [0.25, 0.3) is 0 Å². The quantitative estimate of drug-likeness (QED) is 0.845. The molecule has 1 aromatic carbocycles. The third kappa shape index (κ3) is 3.62. The van der Waals surface area contributed by atoms with E-state index in [1.165, 1.54) is 24.4 Å². The van der Waals surface area contributed by atoms with Crippen LogP contribution in [0, 0.1) is 0 Å². The molecule has 1 amide bonds. The van der Waals surface area contributed by atoms with Gasteiger partial charge in [-0.05, 0) is 24.6 Å². The molecule has 0 saturated carbocycles. The lowest BCUT2D eigenvalue weighted by Crippen LogP contribution is -2.46. The first-order chi connectivity index (χ1) is 12.4. The number of likely N-dealkylation sites (N-methyl/N-ethyl adjacent to an activating group) is 2. The van der Waals surface area contributed by atoms with Crippen LogP contribution in [0.2, 0.25) is 0 Å². The maximum Gasteiger partial charge on any atom is 0.328 e. The maximum atomic E-state index is 12.6. The third-order valence-electron chi connectivity index (χ3n) is 5.12. The molecule has 7 nitrogen and oxygen atoms in total. The number of carbonyl (C=O) groups is 1. The van der Waals surface area contributed by atoms with Gasteiger partial charge in [0.2, 0.25) is 5.91 Å². The fourth-order valence-corrected chi connectivity index (χ4v) is 3.38. The molecule has 0 spiro atoms. The molecule has 3 rings (SSSR count). The average Bonchev–Trinajstić information content (AvgIpc) is 2.62. The Morgan fingerprint density at radius 2 is 1.92 bits per heavy atom. The molecular formula is C19H24N4O3. The summed E-state index contributed by atoms with van der Waals surface area (Å²) < 4.78 is 0.981. The van der Waals surface area contributed by atoms with Crippen molar-refractivity contribution in [3.05, 3.63) is 68.0 Å². The number of benzene rings is 1. The average molecular weight is 356 g/mol. The van der Waals surface area contributed by atoms with E-state index in [2.05, 4.69) is 29.1 Å². The van der Waals surface area contributed by atoms with Gasteiger partial charge in [0.05, 0.1) is 6.42 Å². The zero-order valence-corrected chi connectivity index (χ0v) is 15.4. The van der Waals surface area contributed by atoms with Crippen molar-refractivity contribution in [3.8, 4) is 0 Å². The van der Waals surface area contributed by atoms with Crippen molar-refractivity contribution < 1.29 is 4.79 Å². The topological polar surface area (TPSA) is 78.4 Å². The Labute approximate surface area is 151 Å². The molecule has 1 unspecified atom stereocenters. The highest BCUT2D eigenvalue weighted by atomic mass is 16.2. The molecule has 0 radical (unpaired) electrons. The molecule has 0 saturated heterocycles. The lowest BCUT2D eigenvalue weighted by Gasteiger charge is -2.36. The van der Waals surface area contributed by atoms with Crippen molar-refractivity contribution in [1.29, 1.82) is 0 Å². The Kier molecular flexibility index (Phi) is 5.08. The normalized spacial score (nSPS) is 17.0. The van der Waals surface area contributed by atoms with Crippen LogP contribution in [-0.2, 0) is 31.2 Å². The van der Waals surface area contributed by atoms with E-state index in [0.717, 1.165) is 17.5 Å². The molecule has 1 atom stereocenters. The highest BCUT2D eigenvalue weighted by Gasteiger charge is 2.25. The van der Waals surface area contributed by atoms with E-state index in [1.54, 1.807) is 11.9 Å². The number of nitrogens with one attached hydrogen (secondary N) is 1. The minimum Gasteiger partial charge on any atom is -0.344 e. The smallest absolute Gasteiger partial charge is 0.328 e. The number of aromatic amines is 1. The fourth-order valence-electron chi connectivity index (χ4n) is 3.38. The molecule has 7 heteroatoms. The van der Waals surface area contributed by atoms with Crippen LogP contribution >= 0.6 is 0 Å². The van der Waals surface area contributed by atoms with Gasteiger partial charge in [0.1, 0.15) is 0 Å². The van der Waals surface area contributed by atoms with Crippen molar-refractivity contribution in [2.45, 2.75) is 25.4 Å². The number of fused-ring (bicyclic) bond motifs is 1. The van der Waals surface area contributed by atoms with Crippen LogP contribution in [0.1, 0.15) is 16.7 Å². The predicted octanol–water partition coefficient (Wildman–Crippen LogP) is 0.131. The zero-order valence-electron chi connectivity index (χ0n) is 15.4. The van der Waals surface area contributed by atoms with Crippen molar-refractivity contribution >= 4 is 5.91 Å². The van der Waals surface area contributed by atoms with Gasteiger partial charge in [-0.25, -0.2) is 4.79 Å². The number of hydrogen-bond donors (Lipinski definition) is 1. The lowest BCUT2D eigenvalue weighted by atomic mass is 9.94. The minimum atomic E-state index is -0.484. The van der Waals surface area contributed by atoms with E-state index in [0.29, 0.717) is 12.1 Å². The second kappa shape index (κ2) is 7.29. The van der Waals surface area contributed by atoms with Crippen LogP contribution in [-0.4, -0.2) is 51.9 Å². The summed E-state index contributed by atoms with van der Waals surface area (Å²) in [5.74, 6) is -0.138. The first-order valence-electron chi connectivity index (χ1n) is 8.65. The maximum absolute atomic E-state index is 12.6. The number of amides is 1. The number of carbonyl (C=O) groups excluding carboxylic acids is 1. The Morgan fingerprint density at radius 1 is 1.23 bits per heavy atom. The van der Waals surface area contributed by atoms with E-state index in [-0.39, 0.29) is 18.4 Å². The van der Waals surface area contributed by atoms with E-state index in [4.69, 9.17) is 0 Å². The van der Waals surface area contributed by atoms with E-state index in [1.807, 2.05) is 12.1 Å². The molecule has 0 fully saturated rings. The van der Waals surface area contributed by atoms with Gasteiger partial charge in [-0.15, -0.1) is 0 Å². The Bertz CT molecular complexity index is 931. The first-order valence-corrected chi connectivity index (χ1v) is 8.65. The van der Waals surface area contributed by atoms with Crippen LogP contribution in [0.4, 0.5) is 0 Å². The Morgan fingerprint density at radius 3 is 2.65 bits per heavy atom. The van der Waals surface area contributed by atoms with Crippen molar-refractivity contribution in [2.75, 3.05) is 20.6 Å². The summed E-state index contributed by atoms with van der Waals surface area (Å²) in [6, 6.07) is 8.61. The Balaban J connectivity index is 1.67. The summed E-state index contributed by atoms with van der Waals surface area (Å²) >= 11 is 0. The molecule has 1 aliphatic heterocycles. The standard InChI is InChI=1S/C19H24N4O3/c1-21-11-14-7-5-4-6-13(14)8-16(21)12-22(2)17(24)9-15-10-20-19(26)23(3)18(15)25/h4-7,10,16H,8-9,11-12H2,1-3H3,(H,20,26).